The van der Waals surface area contributed by atoms with Gasteiger partial charge in [0.15, 0.2) is 0 Å². The second-order valence-corrected chi connectivity index (χ2v) is 29.6. The van der Waals surface area contributed by atoms with Gasteiger partial charge in [0.2, 0.25) is 0 Å². The Hall–Kier alpha value is -5.24. The maximum absolute atomic E-state index is 6.28. The van der Waals surface area contributed by atoms with E-state index in [1.165, 1.54) is 126 Å². The van der Waals surface area contributed by atoms with E-state index in [0.29, 0.717) is 0 Å². The van der Waals surface area contributed by atoms with E-state index in [1.807, 2.05) is 11.8 Å². The van der Waals surface area contributed by atoms with Crippen molar-refractivity contribution in [3.8, 4) is 35.5 Å². The molecule has 86 heavy (non-hydrogen) atoms. The average Bonchev–Trinajstić information content (AvgIpc) is 3.99. The van der Waals surface area contributed by atoms with Crippen molar-refractivity contribution in [3.05, 3.63) is 315 Å². The van der Waals surface area contributed by atoms with Gasteiger partial charge in [-0.25, -0.2) is 11.8 Å². The normalized spacial score (nSPS) is 14.1. The second kappa shape index (κ2) is 40.3. The molecular weight excluding hydrogens is 1200 g/mol. The number of hydrogen-bond donors (Lipinski definition) is 0. The Kier molecular flexibility index (Phi) is 34.3. The van der Waals surface area contributed by atoms with Crippen LogP contribution in [0, 0.1) is 108 Å². The van der Waals surface area contributed by atoms with Gasteiger partial charge in [0.1, 0.15) is 0 Å². The molecule has 2 aliphatic rings. The van der Waals surface area contributed by atoms with Crippen molar-refractivity contribution in [2.45, 2.75) is 69.2 Å². The van der Waals surface area contributed by atoms with Crippen LogP contribution in [0.5, 0.6) is 0 Å². The van der Waals surface area contributed by atoms with Crippen LogP contribution >= 0.6 is 31.7 Å². The van der Waals surface area contributed by atoms with Gasteiger partial charge in [-0.05, 0) is 158 Å². The molecule has 8 aromatic carbocycles. The van der Waals surface area contributed by atoms with Crippen molar-refractivity contribution < 1.29 is 34.1 Å². The Morgan fingerprint density at radius 3 is 0.430 bits per heavy atom. The van der Waals surface area contributed by atoms with Crippen LogP contribution in [-0.2, 0) is 34.1 Å². The third kappa shape index (κ3) is 22.4. The zero-order valence-corrected chi connectivity index (χ0v) is 57.2. The SMILES string of the molecule is C[C]1[C](C)[C](C)[C](C)[C]1C.C[C]1[C](C)[C](C)[C](C)[C]1C.[C-]#CC#CC#CC#[C-].[Fe].[Fe].c1ccc(P(CCP(c2ccccc2)c2ccccc2)c2ccccc2)cc1.c1ccc(P(CCP(c2ccccc2)c2ccccc2)c2ccccc2)cc1. The quantitative estimate of drug-likeness (QED) is 0.0441. The van der Waals surface area contributed by atoms with Crippen LogP contribution in [0.2, 0.25) is 0 Å². The molecule has 10 radical (unpaired) electrons. The molecule has 0 aromatic heterocycles. The maximum Gasteiger partial charge on any atom is 0 e. The fraction of sp³-hybridized carbons (Fsp3) is 0.175. The van der Waals surface area contributed by atoms with Crippen LogP contribution in [0.25, 0.3) is 0 Å². The molecule has 0 bridgehead atoms. The molecule has 10 rings (SSSR count). The molecule has 0 spiro atoms. The number of benzene rings is 8. The average molecular weight is 1280 g/mol. The van der Waals surface area contributed by atoms with Crippen molar-refractivity contribution >= 4 is 74.1 Å². The molecule has 0 N–H and O–H groups in total. The summed E-state index contributed by atoms with van der Waals surface area (Å²) in [4.78, 5) is 0. The van der Waals surface area contributed by atoms with E-state index in [9.17, 15) is 0 Å². The molecular formula is C80H78Fe2P4-2. The van der Waals surface area contributed by atoms with E-state index in [2.05, 4.69) is 336 Å². The molecule has 0 saturated heterocycles. The van der Waals surface area contributed by atoms with Crippen LogP contribution in [0.15, 0.2) is 243 Å². The molecule has 436 valence electrons. The maximum atomic E-state index is 6.28. The third-order valence-electron chi connectivity index (χ3n) is 15.6. The molecule has 2 aliphatic carbocycles. The molecule has 0 aliphatic heterocycles. The minimum atomic E-state index is -0.348. The first-order valence-electron chi connectivity index (χ1n) is 28.6. The van der Waals surface area contributed by atoms with E-state index in [0.717, 1.165) is 0 Å². The van der Waals surface area contributed by atoms with Crippen molar-refractivity contribution in [1.29, 1.82) is 0 Å². The molecule has 8 aromatic rings. The summed E-state index contributed by atoms with van der Waals surface area (Å²) in [7, 11) is -1.39. The minimum Gasteiger partial charge on any atom is -0.358 e. The molecule has 0 atom stereocenters. The third-order valence-corrected chi connectivity index (χ3v) is 26.3. The minimum absolute atomic E-state index is 0. The fourth-order valence-corrected chi connectivity index (χ4v) is 20.5. The summed E-state index contributed by atoms with van der Waals surface area (Å²) in [6.07, 6.45) is 17.4. The molecule has 2 saturated carbocycles. The van der Waals surface area contributed by atoms with Gasteiger partial charge in [0, 0.05) is 34.1 Å². The van der Waals surface area contributed by atoms with Crippen molar-refractivity contribution in [2.24, 2.45) is 0 Å². The molecule has 0 amide bonds. The van der Waals surface area contributed by atoms with Crippen molar-refractivity contribution in [3.63, 3.8) is 0 Å². The monoisotopic (exact) mass is 1270 g/mol. The van der Waals surface area contributed by atoms with E-state index in [-0.39, 0.29) is 65.8 Å². The first kappa shape index (κ1) is 73.2. The van der Waals surface area contributed by atoms with Gasteiger partial charge in [-0.2, -0.15) is 0 Å². The number of rotatable bonds is 14. The first-order chi connectivity index (χ1) is 40.9. The smallest absolute Gasteiger partial charge is 0 e. The van der Waals surface area contributed by atoms with Crippen molar-refractivity contribution in [2.75, 3.05) is 24.6 Å². The summed E-state index contributed by atoms with van der Waals surface area (Å²) in [5.41, 5.74) is 0. The first-order valence-corrected chi connectivity index (χ1v) is 34.7. The zero-order chi connectivity index (χ0) is 60.1. The molecule has 0 heterocycles. The Morgan fingerprint density at radius 2 is 0.326 bits per heavy atom. The summed E-state index contributed by atoms with van der Waals surface area (Å²) < 4.78 is 0. The Bertz CT molecular complexity index is 2660. The summed E-state index contributed by atoms with van der Waals surface area (Å²) >= 11 is 0. The van der Waals surface area contributed by atoms with Crippen LogP contribution in [0.3, 0.4) is 0 Å². The van der Waals surface area contributed by atoms with E-state index < -0.39 is 0 Å². The predicted molar refractivity (Wildman–Crippen MR) is 375 cm³/mol. The van der Waals surface area contributed by atoms with Gasteiger partial charge in [0.05, 0.1) is 0 Å². The van der Waals surface area contributed by atoms with E-state index >= 15 is 0 Å². The second-order valence-electron chi connectivity index (χ2n) is 20.3. The molecule has 6 heteroatoms. The van der Waals surface area contributed by atoms with Gasteiger partial charge in [-0.15, -0.1) is 11.8 Å². The molecule has 0 nitrogen and oxygen atoms in total. The van der Waals surface area contributed by atoms with Gasteiger partial charge in [0.25, 0.3) is 0 Å². The Balaban J connectivity index is 0.000000253. The van der Waals surface area contributed by atoms with Gasteiger partial charge >= 0.3 is 0 Å². The molecule has 2 fully saturated rings. The largest absolute Gasteiger partial charge is 0.358 e. The standard InChI is InChI=1S/2C26H24P2.2C10H15.C8.2Fe/c2*1-5-13-23(14-6-1)27(24-15-7-2-8-16-24)21-22-28(25-17-9-3-10-18-25)26-19-11-4-12-20-26;2*1-6-7(2)9(4)10(5)8(6)3;1-3-5-7-8-6-4-2;;/h2*1-20H,21-22H2;2*1-5H3;;;/q;;;;-2;;. The van der Waals surface area contributed by atoms with Gasteiger partial charge in [-0.3, -0.25) is 11.8 Å². The summed E-state index contributed by atoms with van der Waals surface area (Å²) in [6.45, 7) is 22.0. The van der Waals surface area contributed by atoms with Crippen LogP contribution in [0.1, 0.15) is 69.2 Å². The molecule has 0 unspecified atom stereocenters. The topological polar surface area (TPSA) is 0 Å². The Labute approximate surface area is 548 Å². The zero-order valence-electron chi connectivity index (χ0n) is 51.4. The van der Waals surface area contributed by atoms with E-state index in [1.54, 1.807) is 0 Å². The van der Waals surface area contributed by atoms with Crippen molar-refractivity contribution in [1.82, 2.24) is 0 Å². The van der Waals surface area contributed by atoms with Gasteiger partial charge < -0.3 is 12.8 Å². The van der Waals surface area contributed by atoms with E-state index in [4.69, 9.17) is 12.8 Å². The summed E-state index contributed by atoms with van der Waals surface area (Å²) in [6, 6.07) is 88.4. The number of hydrogen-bond acceptors (Lipinski definition) is 0. The van der Waals surface area contributed by atoms with Crippen LogP contribution in [-0.4, -0.2) is 24.6 Å². The van der Waals surface area contributed by atoms with Crippen LogP contribution in [0.4, 0.5) is 0 Å². The van der Waals surface area contributed by atoms with Crippen LogP contribution < -0.4 is 42.4 Å². The van der Waals surface area contributed by atoms with Gasteiger partial charge in [-0.1, -0.05) is 312 Å². The Morgan fingerprint density at radius 1 is 0.209 bits per heavy atom. The fourth-order valence-electron chi connectivity index (χ4n) is 9.83. The summed E-state index contributed by atoms with van der Waals surface area (Å²) in [5, 5.41) is 11.8. The predicted octanol–water partition coefficient (Wildman–Crippen LogP) is 16.6. The summed E-state index contributed by atoms with van der Waals surface area (Å²) in [5.74, 6) is 27.1.